The summed E-state index contributed by atoms with van der Waals surface area (Å²) in [4.78, 5) is 35.9. The quantitative estimate of drug-likeness (QED) is 0.382. The fraction of sp³-hybridized carbons (Fsp3) is 0.391. The molecule has 0 saturated carbocycles. The second kappa shape index (κ2) is 9.73. The van der Waals surface area contributed by atoms with Crippen LogP contribution in [-0.4, -0.2) is 55.5 Å². The first-order chi connectivity index (χ1) is 14.8. The Morgan fingerprint density at radius 1 is 1.20 bits per heavy atom. The number of pyridine rings is 1. The van der Waals surface area contributed by atoms with E-state index in [2.05, 4.69) is 9.98 Å². The molecule has 2 aliphatic rings. The maximum Gasteiger partial charge on any atom is 0.266 e. The summed E-state index contributed by atoms with van der Waals surface area (Å²) >= 11 is 0. The molecule has 0 radical (unpaired) electrons. The third kappa shape index (κ3) is 4.47. The Bertz CT molecular complexity index is 910. The van der Waals surface area contributed by atoms with Crippen LogP contribution in [0.5, 0.6) is 0 Å². The van der Waals surface area contributed by atoms with Crippen molar-refractivity contribution in [1.29, 1.82) is 0 Å². The van der Waals surface area contributed by atoms with E-state index >= 15 is 0 Å². The highest BCUT2D eigenvalue weighted by Crippen LogP contribution is 2.30. The molecule has 0 bridgehead atoms. The lowest BCUT2D eigenvalue weighted by molar-refractivity contribution is -0.118. The van der Waals surface area contributed by atoms with Crippen molar-refractivity contribution in [2.45, 2.75) is 31.3 Å². The summed E-state index contributed by atoms with van der Waals surface area (Å²) in [6, 6.07) is 12.3. The molecule has 1 saturated heterocycles. The average Bonchev–Trinajstić information content (AvgIpc) is 3.29. The number of rotatable bonds is 8. The standard InChI is InChI=1S/C23H25N3O4/c27-22-19-9-2-1-8-18(19)20(23(28)26(22)21-10-3-4-12-25-21)15-24-11-6-13-29-16-17-7-5-14-30-17/h1-4,8-10,12,15,17,20H,5-7,11,13-14,16H2/t17-,20-/m1/s1. The van der Waals surface area contributed by atoms with Gasteiger partial charge in [0.25, 0.3) is 5.91 Å². The molecule has 2 aromatic rings. The van der Waals surface area contributed by atoms with Gasteiger partial charge in [0.2, 0.25) is 5.91 Å². The predicted octanol–water partition coefficient (Wildman–Crippen LogP) is 3.01. The maximum absolute atomic E-state index is 13.1. The van der Waals surface area contributed by atoms with Crippen molar-refractivity contribution in [2.24, 2.45) is 4.99 Å². The van der Waals surface area contributed by atoms with Crippen LogP contribution in [0.4, 0.5) is 5.82 Å². The molecule has 0 unspecified atom stereocenters. The van der Waals surface area contributed by atoms with Crippen molar-refractivity contribution in [3.05, 3.63) is 59.8 Å². The van der Waals surface area contributed by atoms with Crippen molar-refractivity contribution in [3.8, 4) is 0 Å². The fourth-order valence-electron chi connectivity index (χ4n) is 3.73. The molecular weight excluding hydrogens is 382 g/mol. The van der Waals surface area contributed by atoms with E-state index in [1.54, 1.807) is 42.7 Å². The van der Waals surface area contributed by atoms with Crippen molar-refractivity contribution in [2.75, 3.05) is 31.3 Å². The summed E-state index contributed by atoms with van der Waals surface area (Å²) in [7, 11) is 0. The number of nitrogens with zero attached hydrogens (tertiary/aromatic N) is 3. The van der Waals surface area contributed by atoms with Crippen LogP contribution in [0.25, 0.3) is 0 Å². The van der Waals surface area contributed by atoms with E-state index < -0.39 is 5.92 Å². The molecule has 7 heteroatoms. The predicted molar refractivity (Wildman–Crippen MR) is 113 cm³/mol. The second-order valence-electron chi connectivity index (χ2n) is 7.35. The lowest BCUT2D eigenvalue weighted by Crippen LogP contribution is -2.45. The number of benzene rings is 1. The number of imide groups is 1. The highest BCUT2D eigenvalue weighted by Gasteiger charge is 2.39. The van der Waals surface area contributed by atoms with Crippen LogP contribution in [0.1, 0.15) is 41.1 Å². The van der Waals surface area contributed by atoms with E-state index in [1.807, 2.05) is 12.1 Å². The molecule has 0 N–H and O–H groups in total. The highest BCUT2D eigenvalue weighted by atomic mass is 16.5. The van der Waals surface area contributed by atoms with Gasteiger partial charge in [0.1, 0.15) is 5.82 Å². The Morgan fingerprint density at radius 2 is 2.07 bits per heavy atom. The Labute approximate surface area is 175 Å². The molecule has 2 atom stereocenters. The van der Waals surface area contributed by atoms with E-state index in [0.717, 1.165) is 30.8 Å². The number of fused-ring (bicyclic) bond motifs is 1. The van der Waals surface area contributed by atoms with Crippen molar-refractivity contribution >= 4 is 23.8 Å². The molecule has 30 heavy (non-hydrogen) atoms. The molecule has 156 valence electrons. The number of carbonyl (C=O) groups is 2. The van der Waals surface area contributed by atoms with Gasteiger partial charge >= 0.3 is 0 Å². The summed E-state index contributed by atoms with van der Waals surface area (Å²) in [5, 5.41) is 0. The van der Waals surface area contributed by atoms with Gasteiger partial charge in [0.15, 0.2) is 0 Å². The van der Waals surface area contributed by atoms with Gasteiger partial charge < -0.3 is 9.47 Å². The molecule has 0 spiro atoms. The Balaban J connectivity index is 1.41. The number of aromatic nitrogens is 1. The van der Waals surface area contributed by atoms with E-state index in [-0.39, 0.29) is 17.9 Å². The summed E-state index contributed by atoms with van der Waals surface area (Å²) < 4.78 is 11.2. The number of amides is 2. The second-order valence-corrected chi connectivity index (χ2v) is 7.35. The topological polar surface area (TPSA) is 81.1 Å². The van der Waals surface area contributed by atoms with Crippen LogP contribution in [0, 0.1) is 0 Å². The maximum atomic E-state index is 13.1. The largest absolute Gasteiger partial charge is 0.379 e. The van der Waals surface area contributed by atoms with Gasteiger partial charge in [0, 0.05) is 37.7 Å². The van der Waals surface area contributed by atoms with Crippen molar-refractivity contribution in [3.63, 3.8) is 0 Å². The molecule has 1 fully saturated rings. The first-order valence-corrected chi connectivity index (χ1v) is 10.3. The molecule has 0 aliphatic carbocycles. The van der Waals surface area contributed by atoms with Crippen molar-refractivity contribution < 1.29 is 19.1 Å². The van der Waals surface area contributed by atoms with Crippen molar-refractivity contribution in [1.82, 2.24) is 4.98 Å². The van der Waals surface area contributed by atoms with Crippen LogP contribution in [0.15, 0.2) is 53.7 Å². The van der Waals surface area contributed by atoms with Crippen LogP contribution < -0.4 is 4.90 Å². The molecule has 1 aromatic heterocycles. The zero-order chi connectivity index (χ0) is 20.8. The Hall–Kier alpha value is -2.90. The zero-order valence-corrected chi connectivity index (χ0v) is 16.8. The number of hydrogen-bond acceptors (Lipinski definition) is 6. The first-order valence-electron chi connectivity index (χ1n) is 10.3. The van der Waals surface area contributed by atoms with Gasteiger partial charge in [-0.3, -0.25) is 14.6 Å². The smallest absolute Gasteiger partial charge is 0.266 e. The first kappa shape index (κ1) is 20.4. The monoisotopic (exact) mass is 407 g/mol. The van der Waals surface area contributed by atoms with E-state index in [0.29, 0.717) is 36.7 Å². The molecule has 1 aromatic carbocycles. The van der Waals surface area contributed by atoms with Gasteiger partial charge in [-0.15, -0.1) is 0 Å². The number of aliphatic imine (C=N–C) groups is 1. The molecule has 3 heterocycles. The third-order valence-corrected chi connectivity index (χ3v) is 5.25. The summed E-state index contributed by atoms with van der Waals surface area (Å²) in [6.07, 6.45) is 6.36. The highest BCUT2D eigenvalue weighted by molar-refractivity contribution is 6.28. The van der Waals surface area contributed by atoms with Gasteiger partial charge in [-0.1, -0.05) is 24.3 Å². The van der Waals surface area contributed by atoms with Gasteiger partial charge in [-0.05, 0) is 43.0 Å². The van der Waals surface area contributed by atoms with E-state index in [4.69, 9.17) is 9.47 Å². The molecule has 7 nitrogen and oxygen atoms in total. The normalized spacial score (nSPS) is 21.4. The van der Waals surface area contributed by atoms with Gasteiger partial charge in [-0.25, -0.2) is 9.88 Å². The minimum atomic E-state index is -0.617. The van der Waals surface area contributed by atoms with Crippen LogP contribution in [0.2, 0.25) is 0 Å². The number of carbonyl (C=O) groups excluding carboxylic acids is 2. The molecule has 4 rings (SSSR count). The van der Waals surface area contributed by atoms with Gasteiger partial charge in [0.05, 0.1) is 18.6 Å². The van der Waals surface area contributed by atoms with Crippen LogP contribution in [0.3, 0.4) is 0 Å². The fourth-order valence-corrected chi connectivity index (χ4v) is 3.73. The summed E-state index contributed by atoms with van der Waals surface area (Å²) in [6.45, 7) is 2.60. The Morgan fingerprint density at radius 3 is 2.87 bits per heavy atom. The van der Waals surface area contributed by atoms with E-state index in [1.165, 1.54) is 0 Å². The minimum Gasteiger partial charge on any atom is -0.379 e. The summed E-state index contributed by atoms with van der Waals surface area (Å²) in [5.74, 6) is -0.992. The van der Waals surface area contributed by atoms with Crippen LogP contribution >= 0.6 is 0 Å². The molecule has 2 amide bonds. The number of anilines is 1. The number of ether oxygens (including phenoxy) is 2. The minimum absolute atomic E-state index is 0.222. The van der Waals surface area contributed by atoms with E-state index in [9.17, 15) is 9.59 Å². The summed E-state index contributed by atoms with van der Waals surface area (Å²) in [5.41, 5.74) is 1.18. The van der Waals surface area contributed by atoms with Gasteiger partial charge in [-0.2, -0.15) is 0 Å². The van der Waals surface area contributed by atoms with Crippen LogP contribution in [-0.2, 0) is 14.3 Å². The SMILES string of the molecule is O=C1c2ccccc2[C@@H](C=NCCCOC[C@H]2CCCO2)C(=O)N1c1ccccn1. The average molecular weight is 407 g/mol. The molecular formula is C23H25N3O4. The zero-order valence-electron chi connectivity index (χ0n) is 16.8. The lowest BCUT2D eigenvalue weighted by Gasteiger charge is -2.30. The molecule has 2 aliphatic heterocycles. The third-order valence-electron chi connectivity index (χ3n) is 5.25. The Kier molecular flexibility index (Phi) is 6.61. The lowest BCUT2D eigenvalue weighted by atomic mass is 9.89. The number of hydrogen-bond donors (Lipinski definition) is 0.